The van der Waals surface area contributed by atoms with Gasteiger partial charge in [-0.3, -0.25) is 4.79 Å². The maximum absolute atomic E-state index is 11.0. The Kier molecular flexibility index (Phi) is 3.10. The van der Waals surface area contributed by atoms with E-state index < -0.39 is 5.97 Å². The van der Waals surface area contributed by atoms with Crippen LogP contribution in [-0.4, -0.2) is 48.8 Å². The van der Waals surface area contributed by atoms with Gasteiger partial charge in [0.15, 0.2) is 0 Å². The van der Waals surface area contributed by atoms with Crippen LogP contribution in [0.5, 0.6) is 0 Å². The second-order valence-corrected chi connectivity index (χ2v) is 6.68. The van der Waals surface area contributed by atoms with Crippen LogP contribution in [0.3, 0.4) is 0 Å². The van der Waals surface area contributed by atoms with E-state index in [1.165, 1.54) is 19.3 Å². The lowest BCUT2D eigenvalue weighted by atomic mass is 9.64. The first-order chi connectivity index (χ1) is 8.62. The molecule has 2 aliphatic heterocycles. The van der Waals surface area contributed by atoms with E-state index in [4.69, 9.17) is 9.84 Å². The van der Waals surface area contributed by atoms with E-state index in [0.717, 1.165) is 45.7 Å². The van der Waals surface area contributed by atoms with Crippen molar-refractivity contribution in [2.45, 2.75) is 38.5 Å². The summed E-state index contributed by atoms with van der Waals surface area (Å²) in [4.78, 5) is 13.4. The van der Waals surface area contributed by atoms with Gasteiger partial charge in [-0.05, 0) is 31.1 Å². The first kappa shape index (κ1) is 12.4. The average Bonchev–Trinajstić information content (AvgIpc) is 2.24. The predicted molar refractivity (Wildman–Crippen MR) is 67.5 cm³/mol. The molecule has 102 valence electrons. The van der Waals surface area contributed by atoms with Crippen molar-refractivity contribution in [2.75, 3.05) is 32.8 Å². The van der Waals surface area contributed by atoms with Crippen LogP contribution in [0.2, 0.25) is 0 Å². The zero-order valence-electron chi connectivity index (χ0n) is 11.0. The molecule has 18 heavy (non-hydrogen) atoms. The Labute approximate surface area is 108 Å². The van der Waals surface area contributed by atoms with Gasteiger partial charge >= 0.3 is 5.97 Å². The van der Waals surface area contributed by atoms with Crippen molar-refractivity contribution in [2.24, 2.45) is 10.8 Å². The van der Waals surface area contributed by atoms with Gasteiger partial charge in [-0.15, -0.1) is 0 Å². The smallest absolute Gasteiger partial charge is 0.303 e. The Bertz CT molecular complexity index is 324. The number of carbonyl (C=O) groups is 1. The lowest BCUT2D eigenvalue weighted by Crippen LogP contribution is -2.61. The fraction of sp³-hybridized carbons (Fsp3) is 0.929. The van der Waals surface area contributed by atoms with Gasteiger partial charge in [-0.2, -0.15) is 0 Å². The number of carboxylic acid groups (broad SMARTS) is 1. The number of hydrogen-bond acceptors (Lipinski definition) is 3. The Hall–Kier alpha value is -0.610. The highest BCUT2D eigenvalue weighted by atomic mass is 16.5. The third-order valence-electron chi connectivity index (χ3n) is 5.17. The summed E-state index contributed by atoms with van der Waals surface area (Å²) in [6.45, 7) is 5.15. The molecule has 0 aromatic rings. The quantitative estimate of drug-likeness (QED) is 0.829. The van der Waals surface area contributed by atoms with Crippen molar-refractivity contribution >= 4 is 5.97 Å². The lowest BCUT2D eigenvalue weighted by Gasteiger charge is -2.56. The van der Waals surface area contributed by atoms with Crippen LogP contribution in [-0.2, 0) is 9.53 Å². The highest BCUT2D eigenvalue weighted by Crippen LogP contribution is 2.48. The third kappa shape index (κ3) is 2.28. The van der Waals surface area contributed by atoms with Crippen LogP contribution in [0, 0.1) is 10.8 Å². The van der Waals surface area contributed by atoms with E-state index in [1.54, 1.807) is 0 Å². The fourth-order valence-electron chi connectivity index (χ4n) is 4.00. The molecule has 0 amide bonds. The second kappa shape index (κ2) is 4.49. The summed E-state index contributed by atoms with van der Waals surface area (Å²) in [5, 5.41) is 9.02. The number of aliphatic carboxylic acids is 1. The molecular weight excluding hydrogens is 230 g/mol. The summed E-state index contributed by atoms with van der Waals surface area (Å²) >= 11 is 0. The van der Waals surface area contributed by atoms with Crippen molar-refractivity contribution in [3.63, 3.8) is 0 Å². The number of carboxylic acids is 1. The van der Waals surface area contributed by atoms with E-state index in [2.05, 4.69) is 4.90 Å². The van der Waals surface area contributed by atoms with Crippen LogP contribution < -0.4 is 0 Å². The molecule has 0 aromatic carbocycles. The van der Waals surface area contributed by atoms with Crippen LogP contribution in [0.15, 0.2) is 0 Å². The van der Waals surface area contributed by atoms with E-state index in [9.17, 15) is 4.79 Å². The molecule has 2 saturated heterocycles. The zero-order valence-corrected chi connectivity index (χ0v) is 11.0. The predicted octanol–water partition coefficient (Wildman–Crippen LogP) is 1.74. The molecule has 1 saturated carbocycles. The van der Waals surface area contributed by atoms with Gasteiger partial charge in [0.25, 0.3) is 0 Å². The molecule has 0 unspecified atom stereocenters. The molecule has 3 rings (SSSR count). The SMILES string of the molecule is O=C(O)CC1(CN2CC3(CCOCC3)C2)CCC1. The van der Waals surface area contributed by atoms with Crippen molar-refractivity contribution in [3.8, 4) is 0 Å². The minimum Gasteiger partial charge on any atom is -0.481 e. The normalized spacial score (nSPS) is 29.6. The highest BCUT2D eigenvalue weighted by Gasteiger charge is 2.48. The van der Waals surface area contributed by atoms with Gasteiger partial charge in [-0.25, -0.2) is 0 Å². The number of nitrogens with zero attached hydrogens (tertiary/aromatic N) is 1. The number of likely N-dealkylation sites (tertiary alicyclic amines) is 1. The maximum Gasteiger partial charge on any atom is 0.303 e. The number of ether oxygens (including phenoxy) is 1. The minimum atomic E-state index is -0.629. The van der Waals surface area contributed by atoms with Gasteiger partial charge in [0.05, 0.1) is 6.42 Å². The Morgan fingerprint density at radius 2 is 1.83 bits per heavy atom. The molecule has 1 N–H and O–H groups in total. The van der Waals surface area contributed by atoms with Gasteiger partial charge in [0, 0.05) is 38.3 Å². The van der Waals surface area contributed by atoms with Crippen LogP contribution in [0.4, 0.5) is 0 Å². The van der Waals surface area contributed by atoms with Gasteiger partial charge in [0.2, 0.25) is 0 Å². The van der Waals surface area contributed by atoms with Crippen molar-refractivity contribution in [3.05, 3.63) is 0 Å². The number of rotatable bonds is 4. The first-order valence-corrected chi connectivity index (χ1v) is 7.14. The Morgan fingerprint density at radius 3 is 2.33 bits per heavy atom. The van der Waals surface area contributed by atoms with Crippen LogP contribution in [0.25, 0.3) is 0 Å². The molecular formula is C14H23NO3. The monoisotopic (exact) mass is 253 g/mol. The minimum absolute atomic E-state index is 0.0958. The fourth-order valence-corrected chi connectivity index (χ4v) is 4.00. The third-order valence-corrected chi connectivity index (χ3v) is 5.17. The molecule has 1 aliphatic carbocycles. The number of hydrogen-bond donors (Lipinski definition) is 1. The summed E-state index contributed by atoms with van der Waals surface area (Å²) in [6.07, 6.45) is 6.16. The van der Waals surface area contributed by atoms with Gasteiger partial charge in [0.1, 0.15) is 0 Å². The van der Waals surface area contributed by atoms with E-state index in [0.29, 0.717) is 11.8 Å². The summed E-state index contributed by atoms with van der Waals surface area (Å²) in [7, 11) is 0. The summed E-state index contributed by atoms with van der Waals surface area (Å²) in [5.74, 6) is -0.629. The molecule has 3 fully saturated rings. The molecule has 2 heterocycles. The van der Waals surface area contributed by atoms with Gasteiger partial charge < -0.3 is 14.7 Å². The van der Waals surface area contributed by atoms with Gasteiger partial charge in [-0.1, -0.05) is 6.42 Å². The molecule has 4 heteroatoms. The molecule has 3 aliphatic rings. The second-order valence-electron chi connectivity index (χ2n) is 6.68. The van der Waals surface area contributed by atoms with Crippen LogP contribution >= 0.6 is 0 Å². The Morgan fingerprint density at radius 1 is 1.17 bits per heavy atom. The largest absolute Gasteiger partial charge is 0.481 e. The topological polar surface area (TPSA) is 49.8 Å². The van der Waals surface area contributed by atoms with E-state index in [1.807, 2.05) is 0 Å². The molecule has 1 spiro atoms. The molecule has 0 atom stereocenters. The van der Waals surface area contributed by atoms with Crippen molar-refractivity contribution in [1.29, 1.82) is 0 Å². The molecule has 4 nitrogen and oxygen atoms in total. The zero-order chi connectivity index (χ0) is 12.6. The maximum atomic E-state index is 11.0. The van der Waals surface area contributed by atoms with E-state index >= 15 is 0 Å². The lowest BCUT2D eigenvalue weighted by molar-refractivity contribution is -0.144. The summed E-state index contributed by atoms with van der Waals surface area (Å²) in [5.41, 5.74) is 0.602. The first-order valence-electron chi connectivity index (χ1n) is 7.14. The average molecular weight is 253 g/mol. The van der Waals surface area contributed by atoms with Crippen molar-refractivity contribution in [1.82, 2.24) is 4.90 Å². The Balaban J connectivity index is 1.51. The molecule has 0 radical (unpaired) electrons. The van der Waals surface area contributed by atoms with Crippen molar-refractivity contribution < 1.29 is 14.6 Å². The summed E-state index contributed by atoms with van der Waals surface area (Å²) in [6, 6.07) is 0. The summed E-state index contributed by atoms with van der Waals surface area (Å²) < 4.78 is 5.43. The molecule has 0 bridgehead atoms. The highest BCUT2D eigenvalue weighted by molar-refractivity contribution is 5.68. The van der Waals surface area contributed by atoms with Crippen LogP contribution in [0.1, 0.15) is 38.5 Å². The van der Waals surface area contributed by atoms with E-state index in [-0.39, 0.29) is 5.41 Å². The molecule has 0 aromatic heterocycles. The standard InChI is InChI=1S/C14H23NO3/c16-12(17)8-13(2-1-3-13)9-15-10-14(11-15)4-6-18-7-5-14/h1-11H2,(H,16,17).